The van der Waals surface area contributed by atoms with Crippen molar-refractivity contribution in [2.45, 2.75) is 19.3 Å². The predicted molar refractivity (Wildman–Crippen MR) is 204 cm³/mol. The van der Waals surface area contributed by atoms with Gasteiger partial charge in [-0.3, -0.25) is 0 Å². The van der Waals surface area contributed by atoms with Crippen LogP contribution >= 0.6 is 11.3 Å². The Morgan fingerprint density at radius 2 is 1.22 bits per heavy atom. The predicted octanol–water partition coefficient (Wildman–Crippen LogP) is 13.4. The molecular weight excluding hydrogens is 619 g/mol. The van der Waals surface area contributed by atoms with E-state index in [1.54, 1.807) is 0 Å². The molecule has 2 aliphatic rings. The maximum atomic E-state index is 6.89. The fourth-order valence-corrected chi connectivity index (χ4v) is 8.99. The molecule has 234 valence electrons. The van der Waals surface area contributed by atoms with E-state index in [9.17, 15) is 0 Å². The van der Waals surface area contributed by atoms with Gasteiger partial charge in [-0.15, -0.1) is 11.3 Å². The standard InChI is InChI=1S/C45H31NO2S/c1-45(2)36-21-8-6-17-32(36)35-26-40-41(27-37(35)45)48-43-38(22-12-23-39(43)47-40)46(29-14-4-3-5-15-29)30-16-10-13-28(25-30)31-19-11-20-34-33-18-7-9-24-42(33)49-44(31)34/h3-27H,1-2H3. The Hall–Kier alpha value is -5.84. The number of hydrogen-bond donors (Lipinski definition) is 0. The quantitative estimate of drug-likeness (QED) is 0.189. The van der Waals surface area contributed by atoms with Crippen molar-refractivity contribution in [3.63, 3.8) is 0 Å². The largest absolute Gasteiger partial charge is 0.449 e. The van der Waals surface area contributed by atoms with Crippen LogP contribution in [0.3, 0.4) is 0 Å². The summed E-state index contributed by atoms with van der Waals surface area (Å²) in [5.74, 6) is 2.87. The fraction of sp³-hybridized carbons (Fsp3) is 0.0667. The van der Waals surface area contributed by atoms with E-state index in [4.69, 9.17) is 9.47 Å². The van der Waals surface area contributed by atoms with Crippen molar-refractivity contribution >= 4 is 48.6 Å². The monoisotopic (exact) mass is 649 g/mol. The smallest absolute Gasteiger partial charge is 0.194 e. The molecule has 7 aromatic carbocycles. The molecule has 0 bridgehead atoms. The number of ether oxygens (including phenoxy) is 2. The summed E-state index contributed by atoms with van der Waals surface area (Å²) in [6, 6.07) is 53.8. The summed E-state index contributed by atoms with van der Waals surface area (Å²) < 4.78 is 16.2. The first-order valence-electron chi connectivity index (χ1n) is 16.7. The van der Waals surface area contributed by atoms with Crippen LogP contribution in [0, 0.1) is 0 Å². The van der Waals surface area contributed by atoms with Crippen LogP contribution in [0.4, 0.5) is 17.1 Å². The molecule has 0 spiro atoms. The van der Waals surface area contributed by atoms with E-state index < -0.39 is 0 Å². The molecule has 0 atom stereocenters. The molecule has 0 saturated carbocycles. The fourth-order valence-electron chi connectivity index (χ4n) is 7.75. The van der Waals surface area contributed by atoms with Crippen LogP contribution in [-0.2, 0) is 5.41 Å². The molecule has 0 fully saturated rings. The number of rotatable bonds is 4. The average Bonchev–Trinajstić information content (AvgIpc) is 3.63. The second kappa shape index (κ2) is 10.6. The summed E-state index contributed by atoms with van der Waals surface area (Å²) in [5.41, 5.74) is 10.3. The van der Waals surface area contributed by atoms with E-state index in [-0.39, 0.29) is 5.41 Å². The maximum absolute atomic E-state index is 6.89. The van der Waals surface area contributed by atoms with Gasteiger partial charge in [0.05, 0.1) is 5.69 Å². The number of hydrogen-bond acceptors (Lipinski definition) is 4. The third-order valence-electron chi connectivity index (χ3n) is 10.1. The molecule has 0 amide bonds. The van der Waals surface area contributed by atoms with Gasteiger partial charge in [-0.2, -0.15) is 0 Å². The highest BCUT2D eigenvalue weighted by molar-refractivity contribution is 7.26. The van der Waals surface area contributed by atoms with Crippen LogP contribution in [-0.4, -0.2) is 0 Å². The molecule has 1 aliphatic heterocycles. The summed E-state index contributed by atoms with van der Waals surface area (Å²) in [4.78, 5) is 2.27. The summed E-state index contributed by atoms with van der Waals surface area (Å²) in [6.07, 6.45) is 0. The van der Waals surface area contributed by atoms with Crippen molar-refractivity contribution in [3.05, 3.63) is 163 Å². The molecule has 49 heavy (non-hydrogen) atoms. The van der Waals surface area contributed by atoms with Gasteiger partial charge in [-0.25, -0.2) is 0 Å². The molecule has 4 heteroatoms. The second-order valence-electron chi connectivity index (χ2n) is 13.3. The van der Waals surface area contributed by atoms with Gasteiger partial charge < -0.3 is 14.4 Å². The minimum atomic E-state index is -0.141. The van der Waals surface area contributed by atoms with E-state index in [0.717, 1.165) is 28.6 Å². The first-order valence-corrected chi connectivity index (χ1v) is 17.5. The molecule has 0 radical (unpaired) electrons. The van der Waals surface area contributed by atoms with Crippen LogP contribution < -0.4 is 14.4 Å². The highest BCUT2D eigenvalue weighted by Crippen LogP contribution is 2.57. The van der Waals surface area contributed by atoms with Gasteiger partial charge >= 0.3 is 0 Å². The molecule has 10 rings (SSSR count). The lowest BCUT2D eigenvalue weighted by atomic mass is 9.82. The van der Waals surface area contributed by atoms with Crippen molar-refractivity contribution in [2.75, 3.05) is 4.90 Å². The summed E-state index contributed by atoms with van der Waals surface area (Å²) in [6.45, 7) is 4.58. The van der Waals surface area contributed by atoms with E-state index in [0.29, 0.717) is 11.5 Å². The Labute approximate surface area is 289 Å². The number of para-hydroxylation sites is 2. The highest BCUT2D eigenvalue weighted by atomic mass is 32.1. The highest BCUT2D eigenvalue weighted by Gasteiger charge is 2.38. The molecule has 1 aromatic heterocycles. The Kier molecular flexibility index (Phi) is 6.09. The van der Waals surface area contributed by atoms with Gasteiger partial charge in [0.25, 0.3) is 0 Å². The van der Waals surface area contributed by atoms with Crippen LogP contribution in [0.2, 0.25) is 0 Å². The van der Waals surface area contributed by atoms with Crippen molar-refractivity contribution in [3.8, 4) is 45.3 Å². The van der Waals surface area contributed by atoms with E-state index >= 15 is 0 Å². The minimum Gasteiger partial charge on any atom is -0.449 e. The zero-order chi connectivity index (χ0) is 32.7. The average molecular weight is 650 g/mol. The molecule has 3 nitrogen and oxygen atoms in total. The van der Waals surface area contributed by atoms with E-state index in [2.05, 4.69) is 158 Å². The molecule has 8 aromatic rings. The third-order valence-corrected chi connectivity index (χ3v) is 11.3. The zero-order valence-electron chi connectivity index (χ0n) is 27.1. The first-order chi connectivity index (χ1) is 24.0. The number of anilines is 3. The number of benzene rings is 7. The van der Waals surface area contributed by atoms with Crippen molar-refractivity contribution in [2.24, 2.45) is 0 Å². The Morgan fingerprint density at radius 3 is 2.14 bits per heavy atom. The number of thiophene rings is 1. The lowest BCUT2D eigenvalue weighted by Gasteiger charge is -2.31. The third kappa shape index (κ3) is 4.27. The minimum absolute atomic E-state index is 0.141. The van der Waals surface area contributed by atoms with Gasteiger partial charge in [0.15, 0.2) is 23.0 Å². The molecule has 0 unspecified atom stereocenters. The van der Waals surface area contributed by atoms with Crippen molar-refractivity contribution in [1.82, 2.24) is 0 Å². The SMILES string of the molecule is CC1(C)c2ccccc2-c2cc3c(cc21)Oc1c(cccc1N(c1ccccc1)c1cccc(-c2cccc4c2sc2ccccc24)c1)O3. The van der Waals surface area contributed by atoms with Crippen LogP contribution in [0.1, 0.15) is 25.0 Å². The topological polar surface area (TPSA) is 21.7 Å². The molecule has 1 aliphatic carbocycles. The lowest BCUT2D eigenvalue weighted by Crippen LogP contribution is -2.15. The summed E-state index contributed by atoms with van der Waals surface area (Å²) >= 11 is 1.86. The number of fused-ring (bicyclic) bond motifs is 8. The van der Waals surface area contributed by atoms with Crippen LogP contribution in [0.15, 0.2) is 152 Å². The normalized spacial score (nSPS) is 13.6. The molecule has 0 saturated heterocycles. The maximum Gasteiger partial charge on any atom is 0.194 e. The van der Waals surface area contributed by atoms with Crippen molar-refractivity contribution in [1.29, 1.82) is 0 Å². The molecule has 0 N–H and O–H groups in total. The van der Waals surface area contributed by atoms with Gasteiger partial charge in [-0.05, 0) is 88.0 Å². The molecule has 2 heterocycles. The van der Waals surface area contributed by atoms with E-state index in [1.807, 2.05) is 23.5 Å². The van der Waals surface area contributed by atoms with E-state index in [1.165, 1.54) is 53.6 Å². The number of nitrogens with zero attached hydrogens (tertiary/aromatic N) is 1. The van der Waals surface area contributed by atoms with Gasteiger partial charge in [0, 0.05) is 37.0 Å². The first kappa shape index (κ1) is 28.2. The van der Waals surface area contributed by atoms with Crippen LogP contribution in [0.25, 0.3) is 42.4 Å². The molecular formula is C45H31NO2S. The van der Waals surface area contributed by atoms with Gasteiger partial charge in [0.1, 0.15) is 0 Å². The summed E-state index contributed by atoms with van der Waals surface area (Å²) in [7, 11) is 0. The second-order valence-corrected chi connectivity index (χ2v) is 14.4. The Balaban J connectivity index is 1.11. The Bertz CT molecular complexity index is 2600. The van der Waals surface area contributed by atoms with Gasteiger partial charge in [0.2, 0.25) is 0 Å². The van der Waals surface area contributed by atoms with Crippen molar-refractivity contribution < 1.29 is 9.47 Å². The van der Waals surface area contributed by atoms with Gasteiger partial charge in [-0.1, -0.05) is 111 Å². The lowest BCUT2D eigenvalue weighted by molar-refractivity contribution is 0.360. The van der Waals surface area contributed by atoms with Crippen LogP contribution in [0.5, 0.6) is 23.0 Å². The Morgan fingerprint density at radius 1 is 0.510 bits per heavy atom. The summed E-state index contributed by atoms with van der Waals surface area (Å²) in [5, 5.41) is 2.60. The zero-order valence-corrected chi connectivity index (χ0v) is 27.9.